The summed E-state index contributed by atoms with van der Waals surface area (Å²) in [5.41, 5.74) is 12.8. The Labute approximate surface area is 221 Å². The summed E-state index contributed by atoms with van der Waals surface area (Å²) in [5.74, 6) is 0.501. The lowest BCUT2D eigenvalue weighted by Gasteiger charge is -2.29. The summed E-state index contributed by atoms with van der Waals surface area (Å²) >= 11 is 0. The minimum atomic E-state index is -0.0354. The summed E-state index contributed by atoms with van der Waals surface area (Å²) in [6, 6.07) is 44.3. The molecule has 0 atom stereocenters. The summed E-state index contributed by atoms with van der Waals surface area (Å²) in [4.78, 5) is 2.43. The third-order valence-electron chi connectivity index (χ3n) is 7.88. The summed E-state index contributed by atoms with van der Waals surface area (Å²) in [6.45, 7) is 9.19. The van der Waals surface area contributed by atoms with E-state index in [1.807, 2.05) is 0 Å². The molecule has 0 amide bonds. The normalized spacial score (nSPS) is 13.3. The molecule has 182 valence electrons. The lowest BCUT2D eigenvalue weighted by molar-refractivity contribution is 0.660. The fourth-order valence-corrected chi connectivity index (χ4v) is 5.79. The first-order chi connectivity index (χ1) is 17.9. The van der Waals surface area contributed by atoms with Gasteiger partial charge in [-0.25, -0.2) is 0 Å². The zero-order valence-corrected chi connectivity index (χ0v) is 22.1. The van der Waals surface area contributed by atoms with Crippen LogP contribution in [0.3, 0.4) is 0 Å². The molecule has 37 heavy (non-hydrogen) atoms. The maximum atomic E-state index is 2.43. The first-order valence-corrected chi connectivity index (χ1v) is 13.2. The predicted molar refractivity (Wildman–Crippen MR) is 158 cm³/mol. The third-order valence-corrected chi connectivity index (χ3v) is 7.88. The Hall–Kier alpha value is -4.10. The van der Waals surface area contributed by atoms with Crippen molar-refractivity contribution >= 4 is 17.1 Å². The van der Waals surface area contributed by atoms with Crippen LogP contribution in [0.25, 0.3) is 22.3 Å². The van der Waals surface area contributed by atoms with Crippen molar-refractivity contribution in [1.82, 2.24) is 0 Å². The molecule has 5 aromatic rings. The van der Waals surface area contributed by atoms with Crippen molar-refractivity contribution in [3.05, 3.63) is 138 Å². The van der Waals surface area contributed by atoms with E-state index in [-0.39, 0.29) is 5.41 Å². The quantitative estimate of drug-likeness (QED) is 0.242. The molecule has 1 aliphatic rings. The summed E-state index contributed by atoms with van der Waals surface area (Å²) < 4.78 is 0. The van der Waals surface area contributed by atoms with Gasteiger partial charge in [0.2, 0.25) is 0 Å². The van der Waals surface area contributed by atoms with Crippen LogP contribution in [0.4, 0.5) is 17.1 Å². The van der Waals surface area contributed by atoms with Gasteiger partial charge in [0.05, 0.1) is 5.69 Å². The number of hydrogen-bond donors (Lipinski definition) is 0. The zero-order valence-electron chi connectivity index (χ0n) is 22.1. The largest absolute Gasteiger partial charge is 0.310 e. The number of nitrogens with zero attached hydrogens (tertiary/aromatic N) is 1. The second-order valence-corrected chi connectivity index (χ2v) is 10.9. The molecule has 0 unspecified atom stereocenters. The van der Waals surface area contributed by atoms with E-state index in [2.05, 4.69) is 154 Å². The highest BCUT2D eigenvalue weighted by atomic mass is 15.1. The molecule has 0 bridgehead atoms. The van der Waals surface area contributed by atoms with Gasteiger partial charge in [-0.3, -0.25) is 0 Å². The van der Waals surface area contributed by atoms with Gasteiger partial charge in [0.1, 0.15) is 0 Å². The van der Waals surface area contributed by atoms with Crippen LogP contribution in [-0.4, -0.2) is 0 Å². The van der Waals surface area contributed by atoms with E-state index in [1.54, 1.807) is 0 Å². The van der Waals surface area contributed by atoms with Crippen molar-refractivity contribution in [1.29, 1.82) is 0 Å². The van der Waals surface area contributed by atoms with Gasteiger partial charge in [-0.15, -0.1) is 0 Å². The number of rotatable bonds is 5. The van der Waals surface area contributed by atoms with E-state index in [4.69, 9.17) is 0 Å². The second kappa shape index (κ2) is 9.09. The van der Waals surface area contributed by atoms with Gasteiger partial charge in [0.15, 0.2) is 0 Å². The summed E-state index contributed by atoms with van der Waals surface area (Å²) in [6.07, 6.45) is 0. The van der Waals surface area contributed by atoms with Crippen LogP contribution in [0, 0.1) is 0 Å². The number of hydrogen-bond acceptors (Lipinski definition) is 1. The van der Waals surface area contributed by atoms with Crippen molar-refractivity contribution in [2.45, 2.75) is 39.0 Å². The summed E-state index contributed by atoms with van der Waals surface area (Å²) in [7, 11) is 0. The molecule has 0 fully saturated rings. The standard InChI is InChI=1S/C36H33N/c1-25(2)26-17-21-29(22-18-26)37(30-23-19-28(20-24-30)27-11-6-5-7-12-27)34-16-10-15-33-35(34)31-13-8-9-14-32(31)36(33,3)4/h5-25H,1-4H3. The highest BCUT2D eigenvalue weighted by Gasteiger charge is 2.37. The average Bonchev–Trinajstić information content (AvgIpc) is 3.17. The van der Waals surface area contributed by atoms with Crippen molar-refractivity contribution in [2.24, 2.45) is 0 Å². The lowest BCUT2D eigenvalue weighted by atomic mass is 9.82. The van der Waals surface area contributed by atoms with E-state index in [0.717, 1.165) is 5.69 Å². The first-order valence-electron chi connectivity index (χ1n) is 13.2. The molecule has 0 N–H and O–H groups in total. The molecule has 0 aromatic heterocycles. The third kappa shape index (κ3) is 3.96. The van der Waals surface area contributed by atoms with E-state index in [9.17, 15) is 0 Å². The minimum absolute atomic E-state index is 0.0354. The molecule has 1 nitrogen and oxygen atoms in total. The van der Waals surface area contributed by atoms with Crippen LogP contribution in [-0.2, 0) is 5.41 Å². The van der Waals surface area contributed by atoms with Crippen molar-refractivity contribution < 1.29 is 0 Å². The fourth-order valence-electron chi connectivity index (χ4n) is 5.79. The molecular formula is C36H33N. The first kappa shape index (κ1) is 23.3. The van der Waals surface area contributed by atoms with Gasteiger partial charge < -0.3 is 4.90 Å². The van der Waals surface area contributed by atoms with Gasteiger partial charge in [0, 0.05) is 22.4 Å². The molecular weight excluding hydrogens is 446 g/mol. The van der Waals surface area contributed by atoms with Crippen molar-refractivity contribution in [3.8, 4) is 22.3 Å². The molecule has 0 spiro atoms. The van der Waals surface area contributed by atoms with Crippen LogP contribution in [0.5, 0.6) is 0 Å². The fraction of sp³-hybridized carbons (Fsp3) is 0.167. The molecule has 0 heterocycles. The Bertz CT molecular complexity index is 1540. The minimum Gasteiger partial charge on any atom is -0.310 e. The van der Waals surface area contributed by atoms with E-state index >= 15 is 0 Å². The Balaban J connectivity index is 1.55. The molecule has 6 rings (SSSR count). The predicted octanol–water partition coefficient (Wildman–Crippen LogP) is 10.3. The topological polar surface area (TPSA) is 3.24 Å². The van der Waals surface area contributed by atoms with E-state index in [1.165, 1.54) is 50.3 Å². The van der Waals surface area contributed by atoms with Crippen LogP contribution in [0.2, 0.25) is 0 Å². The van der Waals surface area contributed by atoms with Crippen LogP contribution in [0.1, 0.15) is 50.3 Å². The molecule has 0 saturated carbocycles. The maximum absolute atomic E-state index is 2.43. The number of benzene rings is 5. The van der Waals surface area contributed by atoms with Gasteiger partial charge >= 0.3 is 0 Å². The Morgan fingerprint density at radius 2 is 1.11 bits per heavy atom. The Kier molecular flexibility index (Phi) is 5.72. The highest BCUT2D eigenvalue weighted by Crippen LogP contribution is 2.54. The Morgan fingerprint density at radius 3 is 1.78 bits per heavy atom. The highest BCUT2D eigenvalue weighted by molar-refractivity contribution is 5.95. The van der Waals surface area contributed by atoms with Gasteiger partial charge in [-0.05, 0) is 69.6 Å². The smallest absolute Gasteiger partial charge is 0.0543 e. The molecule has 5 aromatic carbocycles. The zero-order chi connectivity index (χ0) is 25.6. The van der Waals surface area contributed by atoms with Crippen LogP contribution in [0.15, 0.2) is 121 Å². The molecule has 1 heteroatoms. The van der Waals surface area contributed by atoms with Gasteiger partial charge in [0.25, 0.3) is 0 Å². The molecule has 0 saturated heterocycles. The van der Waals surface area contributed by atoms with Crippen LogP contribution < -0.4 is 4.90 Å². The summed E-state index contributed by atoms with van der Waals surface area (Å²) in [5, 5.41) is 0. The molecule has 0 radical (unpaired) electrons. The average molecular weight is 480 g/mol. The lowest BCUT2D eigenvalue weighted by Crippen LogP contribution is -2.16. The monoisotopic (exact) mass is 479 g/mol. The van der Waals surface area contributed by atoms with Gasteiger partial charge in [-0.2, -0.15) is 0 Å². The molecule has 1 aliphatic carbocycles. The Morgan fingerprint density at radius 1 is 0.541 bits per heavy atom. The number of anilines is 3. The van der Waals surface area contributed by atoms with Gasteiger partial charge in [-0.1, -0.05) is 119 Å². The van der Waals surface area contributed by atoms with E-state index in [0.29, 0.717) is 5.92 Å². The van der Waals surface area contributed by atoms with Crippen molar-refractivity contribution in [3.63, 3.8) is 0 Å². The van der Waals surface area contributed by atoms with Crippen LogP contribution >= 0.6 is 0 Å². The second-order valence-electron chi connectivity index (χ2n) is 10.9. The SMILES string of the molecule is CC(C)c1ccc(N(c2ccc(-c3ccccc3)cc2)c2cccc3c2-c2ccccc2C3(C)C)cc1. The van der Waals surface area contributed by atoms with Crippen molar-refractivity contribution in [2.75, 3.05) is 4.90 Å². The van der Waals surface area contributed by atoms with E-state index < -0.39 is 0 Å². The number of fused-ring (bicyclic) bond motifs is 3. The maximum Gasteiger partial charge on any atom is 0.0543 e. The molecule has 0 aliphatic heterocycles.